The van der Waals surface area contributed by atoms with E-state index in [1.54, 1.807) is 0 Å². The third-order valence-electron chi connectivity index (χ3n) is 1.91. The predicted molar refractivity (Wildman–Crippen MR) is 105 cm³/mol. The Morgan fingerprint density at radius 3 is 0.450 bits per heavy atom. The maximum Gasteiger partial charge on any atom is -0.0536 e. The summed E-state index contributed by atoms with van der Waals surface area (Å²) in [4.78, 5) is 0. The molecule has 0 spiro atoms. The Morgan fingerprint density at radius 2 is 0.400 bits per heavy atom. The van der Waals surface area contributed by atoms with E-state index in [9.17, 15) is 0 Å². The van der Waals surface area contributed by atoms with Gasteiger partial charge in [0.25, 0.3) is 0 Å². The molecule has 0 heterocycles. The largest absolute Gasteiger partial charge is 0.0683 e. The molecule has 0 unspecified atom stereocenters. The first kappa shape index (κ1) is 36.8. The highest BCUT2D eigenvalue weighted by atomic mass is 13.8. The summed E-state index contributed by atoms with van der Waals surface area (Å²) in [5.41, 5.74) is 0. The van der Waals surface area contributed by atoms with Crippen molar-refractivity contribution in [3.8, 4) is 0 Å². The van der Waals surface area contributed by atoms with Gasteiger partial charge in [-0.15, -0.1) is 0 Å². The molecule has 0 aromatic heterocycles. The third kappa shape index (κ3) is 144. The predicted octanol–water partition coefficient (Wildman–Crippen LogP) is 9.28. The van der Waals surface area contributed by atoms with Crippen molar-refractivity contribution in [2.75, 3.05) is 0 Å². The van der Waals surface area contributed by atoms with Gasteiger partial charge in [0.15, 0.2) is 0 Å². The maximum atomic E-state index is 2.23. The number of unbranched alkanes of at least 4 members (excludes halogenated alkanes) is 6. The van der Waals surface area contributed by atoms with Crippen molar-refractivity contribution in [2.45, 2.75) is 134 Å². The normalized spacial score (nSPS) is 6.60. The Kier molecular flexibility index (Phi) is 177. The molecule has 0 aliphatic rings. The molecule has 20 heavy (non-hydrogen) atoms. The summed E-state index contributed by atoms with van der Waals surface area (Å²) in [7, 11) is 0. The molecule has 132 valence electrons. The van der Waals surface area contributed by atoms with Gasteiger partial charge in [-0.05, 0) is 0 Å². The molecule has 0 heteroatoms. The van der Waals surface area contributed by atoms with Crippen LogP contribution in [0.15, 0.2) is 0 Å². The summed E-state index contributed by atoms with van der Waals surface area (Å²) in [6.45, 7) is 24.9. The third-order valence-corrected chi connectivity index (χ3v) is 1.91. The highest BCUT2D eigenvalue weighted by Gasteiger charge is 1.75. The summed E-state index contributed by atoms with van der Waals surface area (Å²) < 4.78 is 0. The molecular formula is C20H52. The van der Waals surface area contributed by atoms with Crippen LogP contribution in [-0.2, 0) is 0 Å². The maximum absolute atomic E-state index is 2.23. The zero-order valence-corrected chi connectivity index (χ0v) is 17.7. The average Bonchev–Trinajstić information content (AvgIpc) is 2.59. The van der Waals surface area contributed by atoms with Crippen molar-refractivity contribution in [2.24, 2.45) is 0 Å². The molecule has 0 aromatic rings. The first-order chi connectivity index (χ1) is 9.83. The molecular weight excluding hydrogens is 240 g/mol. The number of hydrogen-bond donors (Lipinski definition) is 0. The highest BCUT2D eigenvalue weighted by molar-refractivity contribution is 4.31. The zero-order valence-electron chi connectivity index (χ0n) is 17.7. The van der Waals surface area contributed by atoms with Crippen LogP contribution in [0.5, 0.6) is 0 Å². The van der Waals surface area contributed by atoms with Crippen LogP contribution in [0.2, 0.25) is 0 Å². The van der Waals surface area contributed by atoms with Crippen molar-refractivity contribution in [3.05, 3.63) is 0 Å². The van der Waals surface area contributed by atoms with E-state index in [-0.39, 0.29) is 0 Å². The fraction of sp³-hybridized carbons (Fsp3) is 1.00. The molecule has 0 nitrogen and oxygen atoms in total. The highest BCUT2D eigenvalue weighted by Crippen LogP contribution is 1.95. The Bertz CT molecular complexity index is 32.0. The van der Waals surface area contributed by atoms with E-state index < -0.39 is 0 Å². The fourth-order valence-electron chi connectivity index (χ4n) is 1.000. The monoisotopic (exact) mass is 292 g/mol. The summed E-state index contributed by atoms with van der Waals surface area (Å²) in [5, 5.41) is 0. The molecule has 0 aliphatic heterocycles. The second-order valence-corrected chi connectivity index (χ2v) is 3.41. The Labute approximate surface area is 135 Å². The van der Waals surface area contributed by atoms with Gasteiger partial charge in [-0.2, -0.15) is 0 Å². The fourth-order valence-corrected chi connectivity index (χ4v) is 1.000. The van der Waals surface area contributed by atoms with Crippen LogP contribution in [0.1, 0.15) is 134 Å². The molecule has 0 radical (unpaired) electrons. The molecule has 0 rings (SSSR count). The van der Waals surface area contributed by atoms with Gasteiger partial charge < -0.3 is 0 Å². The summed E-state index contributed by atoms with van der Waals surface area (Å²) in [6.07, 6.45) is 11.1. The van der Waals surface area contributed by atoms with Gasteiger partial charge in [0, 0.05) is 0 Å². The molecule has 0 saturated carbocycles. The summed E-state index contributed by atoms with van der Waals surface area (Å²) in [6, 6.07) is 0. The quantitative estimate of drug-likeness (QED) is 0.428. The van der Waals surface area contributed by atoms with Crippen LogP contribution in [0.3, 0.4) is 0 Å². The minimum absolute atomic E-state index is 1.36. The van der Waals surface area contributed by atoms with Crippen LogP contribution >= 0.6 is 0 Å². The molecule has 0 aromatic carbocycles. The number of hydrogen-bond acceptors (Lipinski definition) is 0. The first-order valence-corrected chi connectivity index (χ1v) is 9.83. The van der Waals surface area contributed by atoms with E-state index in [0.717, 1.165) is 0 Å². The second kappa shape index (κ2) is 96.2. The topological polar surface area (TPSA) is 0 Å². The van der Waals surface area contributed by atoms with Crippen LogP contribution in [-0.4, -0.2) is 0 Å². The molecule has 0 bridgehead atoms. The first-order valence-electron chi connectivity index (χ1n) is 9.83. The van der Waals surface area contributed by atoms with Gasteiger partial charge >= 0.3 is 0 Å². The van der Waals surface area contributed by atoms with E-state index in [2.05, 4.69) is 27.7 Å². The van der Waals surface area contributed by atoms with Crippen LogP contribution < -0.4 is 0 Å². The molecule has 0 N–H and O–H groups in total. The Hall–Kier alpha value is 0. The zero-order chi connectivity index (χ0) is 17.7. The van der Waals surface area contributed by atoms with E-state index in [1.807, 2.05) is 55.4 Å². The van der Waals surface area contributed by atoms with Gasteiger partial charge in [0.1, 0.15) is 0 Å². The van der Waals surface area contributed by atoms with Crippen molar-refractivity contribution in [3.63, 3.8) is 0 Å². The molecule has 0 saturated heterocycles. The minimum Gasteiger partial charge on any atom is -0.0683 e. The lowest BCUT2D eigenvalue weighted by molar-refractivity contribution is 0.702. The lowest BCUT2D eigenvalue weighted by Gasteiger charge is -1.86. The van der Waals surface area contributed by atoms with Crippen molar-refractivity contribution < 1.29 is 0 Å². The van der Waals surface area contributed by atoms with Gasteiger partial charge in [-0.3, -0.25) is 0 Å². The van der Waals surface area contributed by atoms with E-state index in [0.29, 0.717) is 0 Å². The summed E-state index contributed by atoms with van der Waals surface area (Å²) in [5.74, 6) is 0. The lowest BCUT2D eigenvalue weighted by atomic mass is 10.2. The van der Waals surface area contributed by atoms with E-state index in [4.69, 9.17) is 0 Å². The molecule has 0 atom stereocenters. The second-order valence-electron chi connectivity index (χ2n) is 3.41. The SMILES string of the molecule is CC.CC.CC.CC.CCCCCC.CCCCCC. The smallest absolute Gasteiger partial charge is 0.0536 e. The summed E-state index contributed by atoms with van der Waals surface area (Å²) >= 11 is 0. The van der Waals surface area contributed by atoms with Crippen molar-refractivity contribution in [1.82, 2.24) is 0 Å². The molecule has 0 fully saturated rings. The van der Waals surface area contributed by atoms with Gasteiger partial charge in [-0.1, -0.05) is 134 Å². The number of rotatable bonds is 6. The minimum atomic E-state index is 1.36. The van der Waals surface area contributed by atoms with Crippen LogP contribution in [0.25, 0.3) is 0 Å². The van der Waals surface area contributed by atoms with Crippen LogP contribution in [0, 0.1) is 0 Å². The Morgan fingerprint density at radius 1 is 0.300 bits per heavy atom. The van der Waals surface area contributed by atoms with E-state index in [1.165, 1.54) is 51.4 Å². The Balaban J connectivity index is -0.0000000328. The van der Waals surface area contributed by atoms with Crippen LogP contribution in [0.4, 0.5) is 0 Å². The van der Waals surface area contributed by atoms with E-state index >= 15 is 0 Å². The molecule has 0 aliphatic carbocycles. The van der Waals surface area contributed by atoms with Crippen molar-refractivity contribution >= 4 is 0 Å². The lowest BCUT2D eigenvalue weighted by Crippen LogP contribution is -1.66. The van der Waals surface area contributed by atoms with Crippen molar-refractivity contribution in [1.29, 1.82) is 0 Å². The standard InChI is InChI=1S/2C6H14.4C2H6/c2*1-3-5-6-4-2;4*1-2/h2*3-6H2,1-2H3;4*1-2H3. The van der Waals surface area contributed by atoms with Gasteiger partial charge in [0.05, 0.1) is 0 Å². The average molecular weight is 293 g/mol. The van der Waals surface area contributed by atoms with Gasteiger partial charge in [0.2, 0.25) is 0 Å². The molecule has 0 amide bonds. The van der Waals surface area contributed by atoms with Gasteiger partial charge in [-0.25, -0.2) is 0 Å².